The van der Waals surface area contributed by atoms with Gasteiger partial charge in [0, 0.05) is 36.2 Å². The van der Waals surface area contributed by atoms with Crippen molar-refractivity contribution in [3.8, 4) is 10.4 Å². The molecule has 3 heterocycles. The van der Waals surface area contributed by atoms with Gasteiger partial charge in [-0.25, -0.2) is 31.7 Å². The number of piperazine rings is 1. The lowest BCUT2D eigenvalue weighted by Gasteiger charge is -2.38. The molecule has 1 amide bonds. The van der Waals surface area contributed by atoms with Crippen molar-refractivity contribution in [2.75, 3.05) is 25.4 Å². The number of hydrogen-bond acceptors (Lipinski definition) is 9. The Morgan fingerprint density at radius 2 is 1.83 bits per heavy atom. The van der Waals surface area contributed by atoms with E-state index in [0.29, 0.717) is 16.3 Å². The zero-order valence-electron chi connectivity index (χ0n) is 21.8. The average molecular weight is 676 g/mol. The van der Waals surface area contributed by atoms with Crippen LogP contribution in [-0.4, -0.2) is 83.2 Å². The van der Waals surface area contributed by atoms with Crippen LogP contribution in [0, 0.1) is 5.82 Å². The number of fused-ring (bicyclic) bond motifs is 1. The second kappa shape index (κ2) is 13.0. The van der Waals surface area contributed by atoms with E-state index in [1.54, 1.807) is 6.07 Å². The normalized spacial score (nSPS) is 17.5. The first-order chi connectivity index (χ1) is 19.5. The van der Waals surface area contributed by atoms with E-state index in [-0.39, 0.29) is 41.9 Å². The number of halogens is 2. The summed E-state index contributed by atoms with van der Waals surface area (Å²) in [5.74, 6) is -1.29. The molecule has 42 heavy (non-hydrogen) atoms. The van der Waals surface area contributed by atoms with E-state index in [1.807, 2.05) is 24.3 Å². The topological polar surface area (TPSA) is 153 Å². The van der Waals surface area contributed by atoms with Crippen LogP contribution in [0.3, 0.4) is 0 Å². The van der Waals surface area contributed by atoms with Crippen molar-refractivity contribution < 1.29 is 31.2 Å². The number of rotatable bonds is 9. The number of nitrogens with one attached hydrogen (secondary N) is 2. The first-order valence-electron chi connectivity index (χ1n) is 12.4. The van der Waals surface area contributed by atoms with Crippen LogP contribution < -0.4 is 5.48 Å². The molecule has 226 valence electrons. The Labute approximate surface area is 257 Å². The third kappa shape index (κ3) is 6.81. The number of thiol groups is 1. The molecule has 0 radical (unpaired) electrons. The van der Waals surface area contributed by atoms with E-state index < -0.39 is 49.6 Å². The van der Waals surface area contributed by atoms with E-state index in [0.717, 1.165) is 31.0 Å². The molecule has 1 aliphatic heterocycles. The number of carbonyl (C=O) groups excluding carboxylic acids is 1. The van der Waals surface area contributed by atoms with Gasteiger partial charge in [0.05, 0.1) is 16.8 Å². The van der Waals surface area contributed by atoms with Crippen LogP contribution in [0.1, 0.15) is 5.82 Å². The maximum atomic E-state index is 13.6. The van der Waals surface area contributed by atoms with E-state index in [1.165, 1.54) is 35.8 Å². The van der Waals surface area contributed by atoms with Gasteiger partial charge >= 0.3 is 0 Å². The number of aromatic amines is 1. The number of hydrogen-bond donors (Lipinski definition) is 4. The molecule has 0 saturated carbocycles. The van der Waals surface area contributed by atoms with Gasteiger partial charge < -0.3 is 4.98 Å². The maximum Gasteiger partial charge on any atom is 0.263 e. The molecule has 2 aromatic heterocycles. The molecule has 1 fully saturated rings. The lowest BCUT2D eigenvalue weighted by Crippen LogP contribution is -2.61. The minimum Gasteiger partial charge on any atom is -0.342 e. The van der Waals surface area contributed by atoms with Crippen molar-refractivity contribution in [2.45, 2.75) is 21.9 Å². The van der Waals surface area contributed by atoms with Crippen LogP contribution in [0.4, 0.5) is 4.39 Å². The highest BCUT2D eigenvalue weighted by Crippen LogP contribution is 2.34. The number of para-hydroxylation sites is 2. The number of hydroxylamine groups is 1. The zero-order valence-corrected chi connectivity index (χ0v) is 25.9. The van der Waals surface area contributed by atoms with E-state index in [4.69, 9.17) is 0 Å². The second-order valence-corrected chi connectivity index (χ2v) is 15.4. The van der Waals surface area contributed by atoms with Gasteiger partial charge in [0.25, 0.3) is 15.9 Å². The Balaban J connectivity index is 0.00000405. The summed E-state index contributed by atoms with van der Waals surface area (Å²) >= 11 is 5.39. The maximum absolute atomic E-state index is 13.6. The Hall–Kier alpha value is -2.57. The van der Waals surface area contributed by atoms with Gasteiger partial charge in [0.15, 0.2) is 0 Å². The predicted molar refractivity (Wildman–Crippen MR) is 163 cm³/mol. The SMILES string of the molecule is Cl.O=C(NO)[C@H]1CN(S(=O)(=O)CC(S)Cc2nc3ccccc3[nH]2)CCN1S(=O)(=O)c1ccc(-c2ccc(F)cc2)s1. The van der Waals surface area contributed by atoms with Crippen molar-refractivity contribution in [1.29, 1.82) is 0 Å². The fourth-order valence-corrected chi connectivity index (χ4v) is 9.94. The Morgan fingerprint density at radius 1 is 1.12 bits per heavy atom. The summed E-state index contributed by atoms with van der Waals surface area (Å²) in [5.41, 5.74) is 3.63. The fraction of sp³-hybridized carbons (Fsp3) is 0.280. The lowest BCUT2D eigenvalue weighted by atomic mass is 10.2. The highest BCUT2D eigenvalue weighted by molar-refractivity contribution is 7.91. The molecule has 1 aliphatic rings. The van der Waals surface area contributed by atoms with Crippen LogP contribution in [0.5, 0.6) is 0 Å². The average Bonchev–Trinajstić information content (AvgIpc) is 3.60. The van der Waals surface area contributed by atoms with Crippen LogP contribution in [0.15, 0.2) is 64.9 Å². The molecule has 1 unspecified atom stereocenters. The monoisotopic (exact) mass is 675 g/mol. The van der Waals surface area contributed by atoms with E-state index in [9.17, 15) is 31.2 Å². The Morgan fingerprint density at radius 3 is 2.52 bits per heavy atom. The van der Waals surface area contributed by atoms with Gasteiger partial charge in [-0.2, -0.15) is 21.2 Å². The molecule has 0 bridgehead atoms. The summed E-state index contributed by atoms with van der Waals surface area (Å²) in [6.45, 7) is -1.00. The molecular weight excluding hydrogens is 649 g/mol. The summed E-state index contributed by atoms with van der Waals surface area (Å²) in [6.07, 6.45) is 0.237. The number of carbonyl (C=O) groups is 1. The number of H-pyrrole nitrogens is 1. The molecule has 5 rings (SSSR count). The number of amides is 1. The molecule has 2 atom stereocenters. The third-order valence-corrected chi connectivity index (χ3v) is 12.7. The summed E-state index contributed by atoms with van der Waals surface area (Å²) in [5, 5.41) is 8.70. The number of thiophene rings is 1. The highest BCUT2D eigenvalue weighted by atomic mass is 35.5. The van der Waals surface area contributed by atoms with Crippen molar-refractivity contribution in [3.63, 3.8) is 0 Å². The molecule has 3 N–H and O–H groups in total. The number of benzene rings is 2. The summed E-state index contributed by atoms with van der Waals surface area (Å²) in [4.78, 5) is 20.7. The first-order valence-corrected chi connectivity index (χ1v) is 16.8. The molecule has 4 aromatic rings. The van der Waals surface area contributed by atoms with Gasteiger partial charge in [-0.3, -0.25) is 10.0 Å². The second-order valence-electron chi connectivity index (χ2n) is 9.43. The molecule has 0 spiro atoms. The summed E-state index contributed by atoms with van der Waals surface area (Å²) < 4.78 is 68.8. The van der Waals surface area contributed by atoms with Crippen LogP contribution in [-0.2, 0) is 31.3 Å². The molecule has 0 aliphatic carbocycles. The molecular formula is C25H27ClFN5O6S4. The smallest absolute Gasteiger partial charge is 0.263 e. The van der Waals surface area contributed by atoms with Gasteiger partial charge in [-0.05, 0) is 42.0 Å². The van der Waals surface area contributed by atoms with Gasteiger partial charge in [0.1, 0.15) is 21.9 Å². The molecule has 11 nitrogen and oxygen atoms in total. The highest BCUT2D eigenvalue weighted by Gasteiger charge is 2.43. The van der Waals surface area contributed by atoms with Crippen molar-refractivity contribution in [3.05, 3.63) is 72.3 Å². The lowest BCUT2D eigenvalue weighted by molar-refractivity contribution is -0.134. The van der Waals surface area contributed by atoms with Crippen LogP contribution >= 0.6 is 36.4 Å². The van der Waals surface area contributed by atoms with Crippen LogP contribution in [0.2, 0.25) is 0 Å². The minimum atomic E-state index is -4.25. The molecule has 2 aromatic carbocycles. The quantitative estimate of drug-likeness (QED) is 0.121. The fourth-order valence-electron chi connectivity index (χ4n) is 4.65. The van der Waals surface area contributed by atoms with E-state index in [2.05, 4.69) is 22.6 Å². The Bertz CT molecular complexity index is 1750. The van der Waals surface area contributed by atoms with Crippen molar-refractivity contribution >= 4 is 73.4 Å². The van der Waals surface area contributed by atoms with E-state index >= 15 is 0 Å². The summed E-state index contributed by atoms with van der Waals surface area (Å²) in [6, 6.07) is 14.4. The number of aromatic nitrogens is 2. The van der Waals surface area contributed by atoms with Gasteiger partial charge in [-0.15, -0.1) is 23.7 Å². The molecule has 17 heteroatoms. The molecule has 1 saturated heterocycles. The van der Waals surface area contributed by atoms with Gasteiger partial charge in [0.2, 0.25) is 10.0 Å². The Kier molecular flexibility index (Phi) is 9.99. The van der Waals surface area contributed by atoms with Crippen LogP contribution in [0.25, 0.3) is 21.5 Å². The van der Waals surface area contributed by atoms with Gasteiger partial charge in [-0.1, -0.05) is 24.3 Å². The largest absolute Gasteiger partial charge is 0.342 e. The third-order valence-electron chi connectivity index (χ3n) is 6.64. The van der Waals surface area contributed by atoms with Crippen molar-refractivity contribution in [1.82, 2.24) is 24.1 Å². The first kappa shape index (κ1) is 32.3. The number of imidazole rings is 1. The number of sulfonamides is 2. The predicted octanol–water partition coefficient (Wildman–Crippen LogP) is 2.90. The standard InChI is InChI=1S/C25H26FN5O6S4.ClH/c26-17-7-5-16(6-8-17)22-9-10-24(39-22)41(36,37)31-12-11-30(14-21(31)25(32)29-33)40(34,35)15-18(38)13-23-27-19-3-1-2-4-20(19)28-23;/h1-10,18,21,33,38H,11-15H2,(H,27,28)(H,29,32);1H/t18?,21-;/m1./s1. The summed E-state index contributed by atoms with van der Waals surface area (Å²) in [7, 11) is -8.22. The minimum absolute atomic E-state index is 0. The number of nitrogens with zero attached hydrogens (tertiary/aromatic N) is 3. The zero-order chi connectivity index (χ0) is 29.4. The van der Waals surface area contributed by atoms with Crippen molar-refractivity contribution in [2.24, 2.45) is 0 Å².